The van der Waals surface area contributed by atoms with Crippen molar-refractivity contribution in [3.05, 3.63) is 51.2 Å². The number of rotatable bonds is 6. The second-order valence-electron chi connectivity index (χ2n) is 5.21. The van der Waals surface area contributed by atoms with Crippen LogP contribution in [0.5, 0.6) is 0 Å². The molecule has 1 aromatic carbocycles. The van der Waals surface area contributed by atoms with Crippen molar-refractivity contribution in [2.45, 2.75) is 17.5 Å². The summed E-state index contributed by atoms with van der Waals surface area (Å²) in [7, 11) is 1.88. The van der Waals surface area contributed by atoms with E-state index in [1.165, 1.54) is 23.1 Å². The van der Waals surface area contributed by atoms with Crippen LogP contribution in [0.1, 0.15) is 11.3 Å². The number of amides is 2. The van der Waals surface area contributed by atoms with E-state index in [1.54, 1.807) is 24.5 Å². The lowest BCUT2D eigenvalue weighted by Crippen LogP contribution is -2.28. The summed E-state index contributed by atoms with van der Waals surface area (Å²) in [5.41, 5.74) is 1.72. The van der Waals surface area contributed by atoms with Crippen LogP contribution in [-0.2, 0) is 19.3 Å². The Morgan fingerprint density at radius 2 is 2.19 bits per heavy atom. The van der Waals surface area contributed by atoms with Gasteiger partial charge in [-0.2, -0.15) is 0 Å². The van der Waals surface area contributed by atoms with Crippen LogP contribution in [0.15, 0.2) is 35.1 Å². The number of thioether (sulfide) groups is 1. The molecule has 2 heterocycles. The second-order valence-corrected chi connectivity index (χ2v) is 7.83. The van der Waals surface area contributed by atoms with E-state index in [2.05, 4.69) is 25.8 Å². The zero-order valence-electron chi connectivity index (χ0n) is 13.6. The first-order chi connectivity index (χ1) is 12.5. The average molecular weight is 429 g/mol. The topological polar surface area (TPSA) is 84.7 Å². The Morgan fingerprint density at radius 3 is 2.92 bits per heavy atom. The summed E-state index contributed by atoms with van der Waals surface area (Å²) in [6, 6.07) is 4.88. The Bertz CT molecular complexity index is 913. The quantitative estimate of drug-likeness (QED) is 0.574. The lowest BCUT2D eigenvalue weighted by atomic mass is 10.2. The number of benzene rings is 1. The summed E-state index contributed by atoms with van der Waals surface area (Å²) >= 11 is 14.7. The van der Waals surface area contributed by atoms with Crippen molar-refractivity contribution in [1.82, 2.24) is 25.1 Å². The first-order valence-electron chi connectivity index (χ1n) is 7.41. The summed E-state index contributed by atoms with van der Waals surface area (Å²) < 4.78 is 1.84. The van der Waals surface area contributed by atoms with Crippen LogP contribution in [-0.4, -0.2) is 25.8 Å². The van der Waals surface area contributed by atoms with Crippen molar-refractivity contribution < 1.29 is 4.79 Å². The molecule has 0 fully saturated rings. The lowest BCUT2D eigenvalue weighted by molar-refractivity contribution is 0.251. The molecule has 0 unspecified atom stereocenters. The molecular weight excluding hydrogens is 415 g/mol. The second kappa shape index (κ2) is 8.72. The Labute approximate surface area is 168 Å². The summed E-state index contributed by atoms with van der Waals surface area (Å²) in [6.07, 6.45) is 1.65. The molecule has 0 aliphatic rings. The molecule has 3 aromatic rings. The molecule has 26 heavy (non-hydrogen) atoms. The third kappa shape index (κ3) is 5.10. The van der Waals surface area contributed by atoms with Gasteiger partial charge in [-0.25, -0.2) is 9.78 Å². The van der Waals surface area contributed by atoms with E-state index in [9.17, 15) is 4.79 Å². The van der Waals surface area contributed by atoms with Gasteiger partial charge in [0, 0.05) is 24.7 Å². The van der Waals surface area contributed by atoms with Crippen molar-refractivity contribution in [1.29, 1.82) is 0 Å². The molecule has 0 bridgehead atoms. The van der Waals surface area contributed by atoms with E-state index in [0.717, 1.165) is 16.4 Å². The summed E-state index contributed by atoms with van der Waals surface area (Å²) in [5, 5.41) is 17.5. The summed E-state index contributed by atoms with van der Waals surface area (Å²) in [6.45, 7) is 0.336. The Kier molecular flexibility index (Phi) is 6.36. The third-order valence-electron chi connectivity index (χ3n) is 3.23. The zero-order chi connectivity index (χ0) is 18.5. The smallest absolute Gasteiger partial charge is 0.321 e. The van der Waals surface area contributed by atoms with Crippen LogP contribution in [0.2, 0.25) is 10.0 Å². The molecule has 3 rings (SSSR count). The van der Waals surface area contributed by atoms with Gasteiger partial charge in [0.1, 0.15) is 6.33 Å². The maximum Gasteiger partial charge on any atom is 0.321 e. The molecule has 2 aromatic heterocycles. The number of hydrogen-bond acceptors (Lipinski definition) is 6. The Morgan fingerprint density at radius 1 is 1.35 bits per heavy atom. The molecule has 0 atom stereocenters. The normalized spacial score (nSPS) is 10.7. The Balaban J connectivity index is 1.48. The SMILES string of the molecule is Cn1cnnc1SCc1csc(NC(=O)NCc2ccc(Cl)c(Cl)c2)n1. The number of carbonyl (C=O) groups excluding carboxylic acids is 1. The van der Waals surface area contributed by atoms with Crippen molar-refractivity contribution in [3.8, 4) is 0 Å². The number of aromatic nitrogens is 4. The molecule has 0 saturated heterocycles. The molecule has 7 nitrogen and oxygen atoms in total. The van der Waals surface area contributed by atoms with Gasteiger partial charge < -0.3 is 9.88 Å². The van der Waals surface area contributed by atoms with E-state index in [1.807, 2.05) is 17.0 Å². The van der Waals surface area contributed by atoms with Crippen LogP contribution >= 0.6 is 46.3 Å². The number of nitrogens with one attached hydrogen (secondary N) is 2. The number of nitrogens with zero attached hydrogens (tertiary/aromatic N) is 4. The maximum absolute atomic E-state index is 12.0. The number of carbonyl (C=O) groups is 1. The predicted molar refractivity (Wildman–Crippen MR) is 105 cm³/mol. The number of aryl methyl sites for hydroxylation is 1. The van der Waals surface area contributed by atoms with Gasteiger partial charge >= 0.3 is 6.03 Å². The van der Waals surface area contributed by atoms with E-state index in [-0.39, 0.29) is 6.03 Å². The number of anilines is 1. The van der Waals surface area contributed by atoms with Gasteiger partial charge in [0.15, 0.2) is 10.3 Å². The van der Waals surface area contributed by atoms with E-state index < -0.39 is 0 Å². The van der Waals surface area contributed by atoms with Gasteiger partial charge in [-0.05, 0) is 17.7 Å². The standard InChI is InChI=1S/C15H14Cl2N6OS2/c1-23-8-19-22-15(23)26-7-10-6-25-14(20-10)21-13(24)18-5-9-2-3-11(16)12(17)4-9/h2-4,6,8H,5,7H2,1H3,(H2,18,20,21,24). The zero-order valence-corrected chi connectivity index (χ0v) is 16.7. The monoisotopic (exact) mass is 428 g/mol. The minimum absolute atomic E-state index is 0.335. The maximum atomic E-state index is 12.0. The molecule has 0 saturated carbocycles. The molecule has 11 heteroatoms. The van der Waals surface area contributed by atoms with Crippen LogP contribution in [0.3, 0.4) is 0 Å². The highest BCUT2D eigenvalue weighted by molar-refractivity contribution is 7.98. The van der Waals surface area contributed by atoms with Crippen molar-refractivity contribution in [3.63, 3.8) is 0 Å². The molecule has 2 N–H and O–H groups in total. The molecule has 0 aliphatic carbocycles. The molecule has 136 valence electrons. The average Bonchev–Trinajstić information content (AvgIpc) is 3.23. The number of halogens is 2. The third-order valence-corrected chi connectivity index (χ3v) is 5.84. The molecule has 0 spiro atoms. The van der Waals surface area contributed by atoms with E-state index in [4.69, 9.17) is 23.2 Å². The van der Waals surface area contributed by atoms with Crippen LogP contribution in [0.4, 0.5) is 9.93 Å². The van der Waals surface area contributed by atoms with E-state index >= 15 is 0 Å². The minimum Gasteiger partial charge on any atom is -0.334 e. The fraction of sp³-hybridized carbons (Fsp3) is 0.200. The molecule has 0 aliphatic heterocycles. The van der Waals surface area contributed by atoms with Gasteiger partial charge in [0.05, 0.1) is 15.7 Å². The van der Waals surface area contributed by atoms with Gasteiger partial charge in [-0.15, -0.1) is 21.5 Å². The van der Waals surface area contributed by atoms with Crippen molar-refractivity contribution >= 4 is 57.5 Å². The van der Waals surface area contributed by atoms with Crippen molar-refractivity contribution in [2.75, 3.05) is 5.32 Å². The number of urea groups is 1. The van der Waals surface area contributed by atoms with Crippen LogP contribution in [0.25, 0.3) is 0 Å². The van der Waals surface area contributed by atoms with Crippen LogP contribution < -0.4 is 10.6 Å². The lowest BCUT2D eigenvalue weighted by Gasteiger charge is -2.06. The van der Waals surface area contributed by atoms with Gasteiger partial charge in [0.25, 0.3) is 0 Å². The van der Waals surface area contributed by atoms with Crippen molar-refractivity contribution in [2.24, 2.45) is 7.05 Å². The van der Waals surface area contributed by atoms with Gasteiger partial charge in [-0.1, -0.05) is 41.0 Å². The van der Waals surface area contributed by atoms with Gasteiger partial charge in [-0.3, -0.25) is 5.32 Å². The van der Waals surface area contributed by atoms with Gasteiger partial charge in [0.2, 0.25) is 0 Å². The van der Waals surface area contributed by atoms with E-state index in [0.29, 0.717) is 27.5 Å². The van der Waals surface area contributed by atoms with Crippen LogP contribution in [0, 0.1) is 0 Å². The highest BCUT2D eigenvalue weighted by Gasteiger charge is 2.09. The molecule has 0 radical (unpaired) electrons. The fourth-order valence-electron chi connectivity index (χ4n) is 1.95. The minimum atomic E-state index is -0.335. The Hall–Kier alpha value is -1.81. The number of thiazole rings is 1. The summed E-state index contributed by atoms with van der Waals surface area (Å²) in [4.78, 5) is 16.4. The first kappa shape index (κ1) is 19.0. The largest absolute Gasteiger partial charge is 0.334 e. The fourth-order valence-corrected chi connectivity index (χ4v) is 3.86. The highest BCUT2D eigenvalue weighted by atomic mass is 35.5. The number of hydrogen-bond donors (Lipinski definition) is 2. The molecular formula is C15H14Cl2N6OS2. The molecule has 2 amide bonds. The predicted octanol–water partition coefficient (Wildman–Crippen LogP) is 4.19. The summed E-state index contributed by atoms with van der Waals surface area (Å²) in [5.74, 6) is 0.648. The first-order valence-corrected chi connectivity index (χ1v) is 10.0. The highest BCUT2D eigenvalue weighted by Crippen LogP contribution is 2.24.